The summed E-state index contributed by atoms with van der Waals surface area (Å²) in [4.78, 5) is 14.7. The number of pyridine rings is 1. The van der Waals surface area contributed by atoms with E-state index in [4.69, 9.17) is 16.3 Å². The van der Waals surface area contributed by atoms with Crippen molar-refractivity contribution in [3.05, 3.63) is 52.8 Å². The van der Waals surface area contributed by atoms with E-state index in [1.54, 1.807) is 30.5 Å². The maximum atomic E-state index is 10.6. The highest BCUT2D eigenvalue weighted by Crippen LogP contribution is 2.27. The number of nitrogens with zero attached hydrogens (tertiary/aromatic N) is 1. The Labute approximate surface area is 104 Å². The van der Waals surface area contributed by atoms with Crippen LogP contribution in [0.25, 0.3) is 0 Å². The van der Waals surface area contributed by atoms with Gasteiger partial charge in [-0.2, -0.15) is 0 Å². The zero-order valence-electron chi connectivity index (χ0n) is 9.18. The molecule has 0 aliphatic rings. The monoisotopic (exact) mass is 247 g/mol. The van der Waals surface area contributed by atoms with Gasteiger partial charge in [0, 0.05) is 17.8 Å². The molecule has 1 aromatic heterocycles. The first-order chi connectivity index (χ1) is 8.20. The number of ether oxygens (including phenoxy) is 1. The summed E-state index contributed by atoms with van der Waals surface area (Å²) in [6.07, 6.45) is 2.41. The van der Waals surface area contributed by atoms with Gasteiger partial charge in [0.1, 0.15) is 11.5 Å². The summed E-state index contributed by atoms with van der Waals surface area (Å²) in [5, 5.41) is 0.374. The first-order valence-electron chi connectivity index (χ1n) is 5.05. The van der Waals surface area contributed by atoms with E-state index in [0.29, 0.717) is 28.4 Å². The molecule has 0 saturated carbocycles. The van der Waals surface area contributed by atoms with Crippen LogP contribution in [0.3, 0.4) is 0 Å². The van der Waals surface area contributed by atoms with Gasteiger partial charge in [-0.1, -0.05) is 11.6 Å². The lowest BCUT2D eigenvalue weighted by molar-refractivity contribution is 0.112. The Bertz CT molecular complexity index is 555. The SMILES string of the molecule is Cc1ncccc1Oc1ccc(C=O)c(Cl)c1. The van der Waals surface area contributed by atoms with Crippen molar-refractivity contribution < 1.29 is 9.53 Å². The van der Waals surface area contributed by atoms with Gasteiger partial charge < -0.3 is 4.74 Å². The van der Waals surface area contributed by atoms with E-state index in [9.17, 15) is 4.79 Å². The lowest BCUT2D eigenvalue weighted by Crippen LogP contribution is -1.90. The van der Waals surface area contributed by atoms with E-state index < -0.39 is 0 Å². The maximum Gasteiger partial charge on any atom is 0.151 e. The quantitative estimate of drug-likeness (QED) is 0.777. The Morgan fingerprint density at radius 1 is 1.35 bits per heavy atom. The van der Waals surface area contributed by atoms with Gasteiger partial charge in [0.25, 0.3) is 0 Å². The van der Waals surface area contributed by atoms with Crippen LogP contribution in [0.2, 0.25) is 5.02 Å². The van der Waals surface area contributed by atoms with E-state index in [1.165, 1.54) is 0 Å². The number of aldehydes is 1. The molecular formula is C13H10ClNO2. The van der Waals surface area contributed by atoms with Gasteiger partial charge in [-0.25, -0.2) is 0 Å². The molecule has 0 N–H and O–H groups in total. The largest absolute Gasteiger partial charge is 0.455 e. The number of hydrogen-bond donors (Lipinski definition) is 0. The molecule has 0 radical (unpaired) electrons. The molecule has 4 heteroatoms. The standard InChI is InChI=1S/C13H10ClNO2/c1-9-13(3-2-6-15-9)17-11-5-4-10(8-16)12(14)7-11/h2-8H,1H3. The fraction of sp³-hybridized carbons (Fsp3) is 0.0769. The molecule has 0 saturated heterocycles. The van der Waals surface area contributed by atoms with E-state index in [1.807, 2.05) is 13.0 Å². The Kier molecular flexibility index (Phi) is 3.40. The number of benzene rings is 1. The average molecular weight is 248 g/mol. The van der Waals surface area contributed by atoms with Crippen LogP contribution in [0.5, 0.6) is 11.5 Å². The molecule has 0 aliphatic carbocycles. The van der Waals surface area contributed by atoms with Crippen LogP contribution in [0.4, 0.5) is 0 Å². The van der Waals surface area contributed by atoms with Gasteiger partial charge in [0.05, 0.1) is 10.7 Å². The molecule has 0 spiro atoms. The van der Waals surface area contributed by atoms with Crippen LogP contribution < -0.4 is 4.74 Å². The van der Waals surface area contributed by atoms with Crippen molar-refractivity contribution in [2.75, 3.05) is 0 Å². The fourth-order valence-corrected chi connectivity index (χ4v) is 1.59. The molecule has 0 fully saturated rings. The minimum absolute atomic E-state index is 0.374. The van der Waals surface area contributed by atoms with Gasteiger partial charge in [-0.15, -0.1) is 0 Å². The first-order valence-corrected chi connectivity index (χ1v) is 5.42. The molecule has 0 bridgehead atoms. The summed E-state index contributed by atoms with van der Waals surface area (Å²) in [7, 11) is 0. The van der Waals surface area contributed by atoms with Crippen molar-refractivity contribution in [2.45, 2.75) is 6.92 Å². The number of aromatic nitrogens is 1. The molecule has 0 unspecified atom stereocenters. The highest BCUT2D eigenvalue weighted by Gasteiger charge is 2.04. The van der Waals surface area contributed by atoms with Crippen LogP contribution in [0.15, 0.2) is 36.5 Å². The average Bonchev–Trinajstić information content (AvgIpc) is 2.32. The Morgan fingerprint density at radius 3 is 2.82 bits per heavy atom. The van der Waals surface area contributed by atoms with Gasteiger partial charge >= 0.3 is 0 Å². The molecular weight excluding hydrogens is 238 g/mol. The number of halogens is 1. The molecule has 86 valence electrons. The van der Waals surface area contributed by atoms with E-state index in [2.05, 4.69) is 4.98 Å². The summed E-state index contributed by atoms with van der Waals surface area (Å²) < 4.78 is 5.63. The van der Waals surface area contributed by atoms with E-state index >= 15 is 0 Å². The van der Waals surface area contributed by atoms with Crippen molar-refractivity contribution in [1.82, 2.24) is 4.98 Å². The molecule has 17 heavy (non-hydrogen) atoms. The number of carbonyl (C=O) groups excluding carboxylic acids is 1. The van der Waals surface area contributed by atoms with Crippen molar-refractivity contribution in [3.8, 4) is 11.5 Å². The predicted molar refractivity (Wildman–Crippen MR) is 65.9 cm³/mol. The second-order valence-corrected chi connectivity index (χ2v) is 3.90. The Morgan fingerprint density at radius 2 is 2.18 bits per heavy atom. The molecule has 0 atom stereocenters. The zero-order valence-corrected chi connectivity index (χ0v) is 9.94. The number of hydrogen-bond acceptors (Lipinski definition) is 3. The number of rotatable bonds is 3. The summed E-state index contributed by atoms with van der Waals surface area (Å²) in [6, 6.07) is 8.55. The normalized spacial score (nSPS) is 10.0. The highest BCUT2D eigenvalue weighted by atomic mass is 35.5. The van der Waals surface area contributed by atoms with Crippen LogP contribution in [-0.2, 0) is 0 Å². The third kappa shape index (κ3) is 2.63. The minimum atomic E-state index is 0.374. The van der Waals surface area contributed by atoms with Crippen molar-refractivity contribution >= 4 is 17.9 Å². The molecule has 0 aliphatic heterocycles. The highest BCUT2D eigenvalue weighted by molar-refractivity contribution is 6.33. The van der Waals surface area contributed by atoms with E-state index in [0.717, 1.165) is 5.69 Å². The summed E-state index contributed by atoms with van der Waals surface area (Å²) in [5.74, 6) is 1.25. The fourth-order valence-electron chi connectivity index (χ4n) is 1.37. The number of carbonyl (C=O) groups is 1. The number of aryl methyl sites for hydroxylation is 1. The van der Waals surface area contributed by atoms with Gasteiger partial charge in [0.2, 0.25) is 0 Å². The van der Waals surface area contributed by atoms with Crippen LogP contribution >= 0.6 is 11.6 Å². The van der Waals surface area contributed by atoms with Crippen molar-refractivity contribution in [1.29, 1.82) is 0 Å². The molecule has 1 aromatic carbocycles. The second-order valence-electron chi connectivity index (χ2n) is 3.49. The van der Waals surface area contributed by atoms with Gasteiger partial charge in [-0.05, 0) is 31.2 Å². The lowest BCUT2D eigenvalue weighted by atomic mass is 10.2. The van der Waals surface area contributed by atoms with Gasteiger partial charge in [0.15, 0.2) is 6.29 Å². The van der Waals surface area contributed by atoms with Crippen molar-refractivity contribution in [3.63, 3.8) is 0 Å². The summed E-state index contributed by atoms with van der Waals surface area (Å²) >= 11 is 5.91. The molecule has 3 nitrogen and oxygen atoms in total. The zero-order chi connectivity index (χ0) is 12.3. The maximum absolute atomic E-state index is 10.6. The third-order valence-electron chi connectivity index (χ3n) is 2.29. The van der Waals surface area contributed by atoms with Gasteiger partial charge in [-0.3, -0.25) is 9.78 Å². The van der Waals surface area contributed by atoms with Crippen LogP contribution in [0, 0.1) is 6.92 Å². The molecule has 2 aromatic rings. The van der Waals surface area contributed by atoms with Crippen molar-refractivity contribution in [2.24, 2.45) is 0 Å². The second kappa shape index (κ2) is 4.97. The van der Waals surface area contributed by atoms with Crippen LogP contribution in [0.1, 0.15) is 16.1 Å². The van der Waals surface area contributed by atoms with Crippen LogP contribution in [-0.4, -0.2) is 11.3 Å². The predicted octanol–water partition coefficient (Wildman–Crippen LogP) is 3.65. The topological polar surface area (TPSA) is 39.2 Å². The smallest absolute Gasteiger partial charge is 0.151 e. The molecule has 1 heterocycles. The summed E-state index contributed by atoms with van der Waals surface area (Å²) in [5.41, 5.74) is 1.24. The molecule has 2 rings (SSSR count). The third-order valence-corrected chi connectivity index (χ3v) is 2.61. The molecule has 0 amide bonds. The lowest BCUT2D eigenvalue weighted by Gasteiger charge is -2.08. The minimum Gasteiger partial charge on any atom is -0.455 e. The Balaban J connectivity index is 2.28. The Hall–Kier alpha value is -1.87. The first kappa shape index (κ1) is 11.6. The van der Waals surface area contributed by atoms with E-state index in [-0.39, 0.29) is 0 Å². The summed E-state index contributed by atoms with van der Waals surface area (Å²) in [6.45, 7) is 1.86.